The Balaban J connectivity index is 2.23. The van der Waals surface area contributed by atoms with Gasteiger partial charge in [0.1, 0.15) is 21.9 Å². The summed E-state index contributed by atoms with van der Waals surface area (Å²) in [5.74, 6) is 0.503. The van der Waals surface area contributed by atoms with E-state index in [0.29, 0.717) is 11.3 Å². The number of nitriles is 1. The maximum absolute atomic E-state index is 12.6. The van der Waals surface area contributed by atoms with Gasteiger partial charge in [-0.15, -0.1) is 0 Å². The third kappa shape index (κ3) is 2.85. The smallest absolute Gasteiger partial charge is 0.158 e. The molecule has 2 aromatic carbocycles. The first-order valence-electron chi connectivity index (χ1n) is 5.63. The van der Waals surface area contributed by atoms with Crippen molar-refractivity contribution in [2.45, 2.75) is 10.6 Å². The molecule has 0 bridgehead atoms. The van der Waals surface area contributed by atoms with E-state index in [4.69, 9.17) is 5.26 Å². The Bertz CT molecular complexity index is 611. The lowest BCUT2D eigenvalue weighted by Crippen LogP contribution is -2.11. The van der Waals surface area contributed by atoms with Crippen LogP contribution in [0.1, 0.15) is 11.1 Å². The summed E-state index contributed by atoms with van der Waals surface area (Å²) >= 11 is 0. The van der Waals surface area contributed by atoms with Crippen LogP contribution in [0.4, 0.5) is 0 Å². The molecule has 18 heavy (non-hydrogen) atoms. The van der Waals surface area contributed by atoms with Crippen molar-refractivity contribution < 1.29 is 4.21 Å². The third-order valence-corrected chi connectivity index (χ3v) is 4.92. The largest absolute Gasteiger partial charge is 0.192 e. The Labute approximate surface area is 108 Å². The molecule has 0 radical (unpaired) electrons. The van der Waals surface area contributed by atoms with Gasteiger partial charge in [0.05, 0.1) is 11.6 Å². The topological polar surface area (TPSA) is 40.9 Å². The molecule has 0 saturated heterocycles. The SMILES string of the molecule is C[S+](=O)(Cc1ccc(C#N)cc1)c1ccccc1. The van der Waals surface area contributed by atoms with Crippen molar-refractivity contribution in [3.8, 4) is 6.07 Å². The van der Waals surface area contributed by atoms with Crippen molar-refractivity contribution in [1.82, 2.24) is 0 Å². The van der Waals surface area contributed by atoms with Gasteiger partial charge in [-0.1, -0.05) is 34.5 Å². The summed E-state index contributed by atoms with van der Waals surface area (Å²) in [6.45, 7) is 0. The van der Waals surface area contributed by atoms with Gasteiger partial charge >= 0.3 is 0 Å². The van der Waals surface area contributed by atoms with Crippen LogP contribution in [0.25, 0.3) is 0 Å². The van der Waals surface area contributed by atoms with Gasteiger partial charge in [-0.3, -0.25) is 0 Å². The molecule has 2 nitrogen and oxygen atoms in total. The Morgan fingerprint density at radius 2 is 1.67 bits per heavy atom. The van der Waals surface area contributed by atoms with Gasteiger partial charge in [0, 0.05) is 5.56 Å². The highest BCUT2D eigenvalue weighted by molar-refractivity contribution is 8.01. The quantitative estimate of drug-likeness (QED) is 0.791. The number of benzene rings is 2. The number of rotatable bonds is 3. The standard InChI is InChI=1S/C15H14NOS/c1-18(17,15-5-3-2-4-6-15)12-14-9-7-13(11-16)8-10-14/h2-10H,12H2,1H3/q+1. The second kappa shape index (κ2) is 5.16. The van der Waals surface area contributed by atoms with Gasteiger partial charge in [-0.05, 0) is 24.3 Å². The van der Waals surface area contributed by atoms with Crippen molar-refractivity contribution in [3.63, 3.8) is 0 Å². The number of hydrogen-bond acceptors (Lipinski definition) is 2. The van der Waals surface area contributed by atoms with E-state index in [2.05, 4.69) is 6.07 Å². The van der Waals surface area contributed by atoms with Crippen LogP contribution in [-0.2, 0) is 19.9 Å². The van der Waals surface area contributed by atoms with E-state index in [1.807, 2.05) is 42.5 Å². The fraction of sp³-hybridized carbons (Fsp3) is 0.133. The normalized spacial score (nSPS) is 13.6. The molecule has 0 aliphatic rings. The van der Waals surface area contributed by atoms with E-state index in [1.165, 1.54) is 0 Å². The van der Waals surface area contributed by atoms with Crippen LogP contribution in [-0.4, -0.2) is 6.26 Å². The van der Waals surface area contributed by atoms with E-state index in [0.717, 1.165) is 10.5 Å². The van der Waals surface area contributed by atoms with Gasteiger partial charge in [-0.2, -0.15) is 5.26 Å². The van der Waals surface area contributed by atoms with Crippen LogP contribution < -0.4 is 0 Å². The summed E-state index contributed by atoms with van der Waals surface area (Å²) in [7, 11) is -2.07. The molecule has 0 fully saturated rings. The van der Waals surface area contributed by atoms with Crippen LogP contribution in [0.5, 0.6) is 0 Å². The molecule has 2 aromatic rings. The predicted molar refractivity (Wildman–Crippen MR) is 73.5 cm³/mol. The molecule has 0 aromatic heterocycles. The highest BCUT2D eigenvalue weighted by atomic mass is 32.2. The highest BCUT2D eigenvalue weighted by Gasteiger charge is 2.24. The van der Waals surface area contributed by atoms with Gasteiger partial charge in [0.15, 0.2) is 4.90 Å². The molecular formula is C15H14NOS+. The Hall–Kier alpha value is -1.92. The fourth-order valence-electron chi connectivity index (χ4n) is 1.79. The van der Waals surface area contributed by atoms with Crippen LogP contribution in [0, 0.1) is 11.3 Å². The lowest BCUT2D eigenvalue weighted by Gasteiger charge is -2.07. The molecule has 1 atom stereocenters. The molecule has 2 rings (SSSR count). The van der Waals surface area contributed by atoms with Crippen molar-refractivity contribution >= 4 is 9.93 Å². The zero-order valence-corrected chi connectivity index (χ0v) is 11.0. The van der Waals surface area contributed by atoms with E-state index in [1.54, 1.807) is 18.4 Å². The minimum atomic E-state index is -2.07. The van der Waals surface area contributed by atoms with Crippen molar-refractivity contribution in [1.29, 1.82) is 5.26 Å². The summed E-state index contributed by atoms with van der Waals surface area (Å²) in [5, 5.41) is 8.73. The minimum absolute atomic E-state index is 0.503. The first-order valence-corrected chi connectivity index (χ1v) is 7.76. The summed E-state index contributed by atoms with van der Waals surface area (Å²) in [6.07, 6.45) is 1.78. The Kier molecular flexibility index (Phi) is 3.59. The van der Waals surface area contributed by atoms with Gasteiger partial charge in [-0.25, -0.2) is 0 Å². The average molecular weight is 256 g/mol. The van der Waals surface area contributed by atoms with E-state index in [-0.39, 0.29) is 0 Å². The van der Waals surface area contributed by atoms with Gasteiger partial charge < -0.3 is 0 Å². The zero-order chi connectivity index (χ0) is 13.0. The molecule has 3 heteroatoms. The molecule has 0 heterocycles. The van der Waals surface area contributed by atoms with Gasteiger partial charge in [0.25, 0.3) is 0 Å². The Morgan fingerprint density at radius 1 is 1.06 bits per heavy atom. The van der Waals surface area contributed by atoms with Gasteiger partial charge in [0.2, 0.25) is 0 Å². The number of hydrogen-bond donors (Lipinski definition) is 0. The monoisotopic (exact) mass is 256 g/mol. The molecule has 1 unspecified atom stereocenters. The Morgan fingerprint density at radius 3 is 2.22 bits per heavy atom. The van der Waals surface area contributed by atoms with E-state index in [9.17, 15) is 4.21 Å². The van der Waals surface area contributed by atoms with Crippen LogP contribution in [0.2, 0.25) is 0 Å². The summed E-state index contributed by atoms with van der Waals surface area (Å²) in [5.41, 5.74) is 1.62. The second-order valence-corrected chi connectivity index (χ2v) is 7.04. The summed E-state index contributed by atoms with van der Waals surface area (Å²) < 4.78 is 12.6. The lowest BCUT2D eigenvalue weighted by atomic mass is 10.2. The van der Waals surface area contributed by atoms with Crippen LogP contribution >= 0.6 is 0 Å². The summed E-state index contributed by atoms with van der Waals surface area (Å²) in [6, 6.07) is 18.8. The molecule has 0 aliphatic carbocycles. The second-order valence-electron chi connectivity index (χ2n) is 4.27. The molecule has 0 amide bonds. The van der Waals surface area contributed by atoms with Crippen LogP contribution in [0.15, 0.2) is 59.5 Å². The van der Waals surface area contributed by atoms with E-state index >= 15 is 0 Å². The zero-order valence-electron chi connectivity index (χ0n) is 10.2. The maximum atomic E-state index is 12.6. The van der Waals surface area contributed by atoms with Crippen LogP contribution in [0.3, 0.4) is 0 Å². The van der Waals surface area contributed by atoms with Crippen molar-refractivity contribution in [2.24, 2.45) is 0 Å². The first-order chi connectivity index (χ1) is 8.62. The van der Waals surface area contributed by atoms with Crippen molar-refractivity contribution in [3.05, 3.63) is 65.7 Å². The fourth-order valence-corrected chi connectivity index (χ4v) is 3.51. The van der Waals surface area contributed by atoms with Crippen molar-refractivity contribution in [2.75, 3.05) is 6.26 Å². The molecule has 0 spiro atoms. The summed E-state index contributed by atoms with van der Waals surface area (Å²) in [4.78, 5) is 0.870. The predicted octanol–water partition coefficient (Wildman–Crippen LogP) is 3.25. The molecule has 0 N–H and O–H groups in total. The molecular weight excluding hydrogens is 242 g/mol. The first kappa shape index (κ1) is 12.5. The average Bonchev–Trinajstić information content (AvgIpc) is 2.40. The highest BCUT2D eigenvalue weighted by Crippen LogP contribution is 2.21. The molecule has 90 valence electrons. The third-order valence-electron chi connectivity index (χ3n) is 2.77. The maximum Gasteiger partial charge on any atom is 0.158 e. The molecule has 0 saturated carbocycles. The van der Waals surface area contributed by atoms with E-state index < -0.39 is 9.93 Å². The molecule has 0 aliphatic heterocycles. The number of nitrogens with zero attached hydrogens (tertiary/aromatic N) is 1. The lowest BCUT2D eigenvalue weighted by molar-refractivity contribution is 0.587. The minimum Gasteiger partial charge on any atom is -0.192 e.